The number of hydrogen-bond acceptors (Lipinski definition) is 2. The van der Waals surface area contributed by atoms with Gasteiger partial charge in [-0.2, -0.15) is 0 Å². The highest BCUT2D eigenvalue weighted by molar-refractivity contribution is 6.09. The predicted molar refractivity (Wildman–Crippen MR) is 177 cm³/mol. The highest BCUT2D eigenvalue weighted by Crippen LogP contribution is 2.40. The largest absolute Gasteiger partial charge is 0.455 e. The van der Waals surface area contributed by atoms with Gasteiger partial charge >= 0.3 is 0 Å². The summed E-state index contributed by atoms with van der Waals surface area (Å²) in [7, 11) is 0. The highest BCUT2D eigenvalue weighted by Gasteiger charge is 2.16. The molecule has 42 heavy (non-hydrogen) atoms. The van der Waals surface area contributed by atoms with Crippen LogP contribution in [-0.2, 0) is 0 Å². The summed E-state index contributed by atoms with van der Waals surface area (Å²) in [5.41, 5.74) is 7.28. The topological polar surface area (TPSA) is 16.4 Å². The van der Waals surface area contributed by atoms with Crippen LogP contribution in [0.5, 0.6) is 0 Å². The molecular weight excluding hydrogens is 510 g/mol. The molecule has 0 saturated heterocycles. The van der Waals surface area contributed by atoms with Crippen molar-refractivity contribution in [3.8, 4) is 22.3 Å². The fourth-order valence-corrected chi connectivity index (χ4v) is 5.70. The van der Waals surface area contributed by atoms with Gasteiger partial charge in [0.25, 0.3) is 0 Å². The average Bonchev–Trinajstić information content (AvgIpc) is 3.50. The molecule has 2 nitrogen and oxygen atoms in total. The van der Waals surface area contributed by atoms with E-state index in [1.54, 1.807) is 0 Å². The summed E-state index contributed by atoms with van der Waals surface area (Å²) in [6, 6.07) is 43.2. The Labute approximate surface area is 251 Å². The fraction of sp³-hybridized carbons (Fsp3) is 0. The molecule has 0 unspecified atom stereocenters. The lowest BCUT2D eigenvalue weighted by molar-refractivity contribution is 0.670. The number of furan rings is 1. The van der Waals surface area contributed by atoms with Crippen LogP contribution >= 0.6 is 0 Å². The Bertz CT molecular complexity index is 2440. The third-order valence-electron chi connectivity index (χ3n) is 7.75. The Kier molecular flexibility index (Phi) is 4.68. The van der Waals surface area contributed by atoms with Crippen LogP contribution in [0, 0.1) is 0 Å². The van der Waals surface area contributed by atoms with E-state index in [4.69, 9.17) is 11.3 Å². The molecule has 7 aromatic carbocycles. The van der Waals surface area contributed by atoms with Crippen molar-refractivity contribution in [1.82, 2.24) is 0 Å². The van der Waals surface area contributed by atoms with Crippen molar-refractivity contribution in [2.45, 2.75) is 0 Å². The molecule has 8 aromatic rings. The van der Waals surface area contributed by atoms with Gasteiger partial charge in [-0.05, 0) is 69.9 Å². The number of para-hydroxylation sites is 2. The number of hydrogen-bond donors (Lipinski definition) is 0. The fourth-order valence-electron chi connectivity index (χ4n) is 5.70. The Morgan fingerprint density at radius 3 is 1.90 bits per heavy atom. The minimum Gasteiger partial charge on any atom is -0.455 e. The van der Waals surface area contributed by atoms with Gasteiger partial charge in [-0.1, -0.05) is 121 Å². The van der Waals surface area contributed by atoms with Crippen molar-refractivity contribution in [2.75, 3.05) is 4.90 Å². The van der Waals surface area contributed by atoms with Gasteiger partial charge in [0.05, 0.1) is 6.85 Å². The van der Waals surface area contributed by atoms with E-state index in [9.17, 15) is 0 Å². The molecule has 8 rings (SSSR count). The Morgan fingerprint density at radius 2 is 1.12 bits per heavy atom. The number of anilines is 3. The number of benzene rings is 7. The maximum absolute atomic E-state index is 8.44. The molecule has 0 radical (unpaired) electrons. The van der Waals surface area contributed by atoms with Gasteiger partial charge in [0.2, 0.25) is 0 Å². The van der Waals surface area contributed by atoms with E-state index in [1.807, 2.05) is 54.6 Å². The summed E-state index contributed by atoms with van der Waals surface area (Å²) in [6.45, 7) is 0. The molecule has 0 aliphatic heterocycles. The molecule has 0 amide bonds. The maximum Gasteiger partial charge on any atom is 0.143 e. The summed E-state index contributed by atoms with van der Waals surface area (Å²) in [4.78, 5) is 2.16. The first-order chi connectivity index (χ1) is 22.9. The van der Waals surface area contributed by atoms with Crippen molar-refractivity contribution in [3.63, 3.8) is 0 Å². The molecule has 1 aromatic heterocycles. The summed E-state index contributed by atoms with van der Waals surface area (Å²) in [5, 5.41) is 4.43. The van der Waals surface area contributed by atoms with Gasteiger partial charge in [0.1, 0.15) is 11.2 Å². The Morgan fingerprint density at radius 1 is 0.476 bits per heavy atom. The SMILES string of the molecule is [2H]c1c([2H])c([2H])c(-c2ccc(N(c3ccc(-c4cccc5c4oc4ccccc45)cc3)c3ccc4ccccc4c3)cc2)c([2H])c1[2H]. The molecule has 1 heterocycles. The normalized spacial score (nSPS) is 13.0. The van der Waals surface area contributed by atoms with E-state index in [-0.39, 0.29) is 29.7 Å². The number of nitrogens with zero attached hydrogens (tertiary/aromatic N) is 1. The molecule has 0 atom stereocenters. The van der Waals surface area contributed by atoms with Crippen molar-refractivity contribution in [1.29, 1.82) is 0 Å². The van der Waals surface area contributed by atoms with Crippen molar-refractivity contribution < 1.29 is 11.3 Å². The van der Waals surface area contributed by atoms with E-state index < -0.39 is 6.04 Å². The van der Waals surface area contributed by atoms with Crippen LogP contribution in [0.2, 0.25) is 0 Å². The van der Waals surface area contributed by atoms with E-state index in [0.717, 1.165) is 60.9 Å². The second kappa shape index (κ2) is 10.1. The van der Waals surface area contributed by atoms with E-state index in [2.05, 4.69) is 83.8 Å². The van der Waals surface area contributed by atoms with E-state index in [1.165, 1.54) is 0 Å². The summed E-state index contributed by atoms with van der Waals surface area (Å²) >= 11 is 0. The van der Waals surface area contributed by atoms with Crippen molar-refractivity contribution in [3.05, 3.63) is 164 Å². The second-order valence-corrected chi connectivity index (χ2v) is 10.2. The smallest absolute Gasteiger partial charge is 0.143 e. The molecule has 0 N–H and O–H groups in total. The Balaban J connectivity index is 1.23. The number of rotatable bonds is 5. The minimum absolute atomic E-state index is 0.184. The quantitative estimate of drug-likeness (QED) is 0.215. The van der Waals surface area contributed by atoms with Crippen LogP contribution in [0.4, 0.5) is 17.1 Å². The monoisotopic (exact) mass is 542 g/mol. The molecule has 0 bridgehead atoms. The lowest BCUT2D eigenvalue weighted by Gasteiger charge is -2.26. The van der Waals surface area contributed by atoms with Crippen LogP contribution in [-0.4, -0.2) is 0 Å². The van der Waals surface area contributed by atoms with Crippen LogP contribution in [0.3, 0.4) is 0 Å². The maximum atomic E-state index is 8.44. The summed E-state index contributed by atoms with van der Waals surface area (Å²) in [6.07, 6.45) is 0. The third-order valence-corrected chi connectivity index (χ3v) is 7.75. The van der Waals surface area contributed by atoms with Crippen molar-refractivity contribution in [2.24, 2.45) is 0 Å². The summed E-state index contributed by atoms with van der Waals surface area (Å²) < 4.78 is 47.4. The molecule has 0 fully saturated rings. The third kappa shape index (κ3) is 4.22. The van der Waals surface area contributed by atoms with E-state index >= 15 is 0 Å². The first kappa shape index (κ1) is 19.5. The van der Waals surface area contributed by atoms with Gasteiger partial charge in [-0.15, -0.1) is 0 Å². The zero-order valence-corrected chi connectivity index (χ0v) is 22.6. The first-order valence-electron chi connectivity index (χ1n) is 16.4. The van der Waals surface area contributed by atoms with Crippen LogP contribution < -0.4 is 4.90 Å². The first-order valence-corrected chi connectivity index (χ1v) is 13.9. The zero-order valence-electron chi connectivity index (χ0n) is 27.6. The standard InChI is InChI=1S/C40H27NO/c1-2-9-28(10-3-1)30-17-22-33(23-18-30)41(35-26-19-29-11-4-5-12-32(29)27-35)34-24-20-31(21-25-34)36-14-8-15-38-37-13-6-7-16-39(37)42-40(36)38/h1-27H/i1D,2D,3D,9D,10D. The van der Waals surface area contributed by atoms with Crippen molar-refractivity contribution >= 4 is 49.8 Å². The lowest BCUT2D eigenvalue weighted by Crippen LogP contribution is -2.09. The van der Waals surface area contributed by atoms with Gasteiger partial charge in [-0.3, -0.25) is 0 Å². The Hall–Kier alpha value is -5.60. The lowest BCUT2D eigenvalue weighted by atomic mass is 10.0. The van der Waals surface area contributed by atoms with Crippen LogP contribution in [0.1, 0.15) is 6.85 Å². The van der Waals surface area contributed by atoms with Gasteiger partial charge in [-0.25, -0.2) is 0 Å². The van der Waals surface area contributed by atoms with Gasteiger partial charge < -0.3 is 9.32 Å². The molecule has 0 aliphatic rings. The molecule has 0 spiro atoms. The molecular formula is C40H27NO. The molecule has 0 aliphatic carbocycles. The number of fused-ring (bicyclic) bond motifs is 4. The summed E-state index contributed by atoms with van der Waals surface area (Å²) in [5.74, 6) is 0. The predicted octanol–water partition coefficient (Wildman–Crippen LogP) is 11.5. The van der Waals surface area contributed by atoms with Crippen LogP contribution in [0.15, 0.2) is 168 Å². The molecule has 0 saturated carbocycles. The highest BCUT2D eigenvalue weighted by atomic mass is 16.3. The van der Waals surface area contributed by atoms with Gasteiger partial charge in [0.15, 0.2) is 0 Å². The van der Waals surface area contributed by atoms with E-state index in [0.29, 0.717) is 5.56 Å². The molecule has 2 heteroatoms. The molecule has 198 valence electrons. The van der Waals surface area contributed by atoms with Crippen LogP contribution in [0.25, 0.3) is 55.0 Å². The minimum atomic E-state index is -0.400. The van der Waals surface area contributed by atoms with Gasteiger partial charge in [0, 0.05) is 33.4 Å². The second-order valence-electron chi connectivity index (χ2n) is 10.2. The zero-order chi connectivity index (χ0) is 32.2. The average molecular weight is 543 g/mol.